The van der Waals surface area contributed by atoms with E-state index in [1.54, 1.807) is 28.8 Å². The van der Waals surface area contributed by atoms with Gasteiger partial charge in [-0.05, 0) is 36.1 Å². The summed E-state index contributed by atoms with van der Waals surface area (Å²) in [4.78, 5) is 13.9. The highest BCUT2D eigenvalue weighted by Gasteiger charge is 2.41. The van der Waals surface area contributed by atoms with Crippen LogP contribution in [0.5, 0.6) is 11.8 Å². The number of halogens is 1. The Balaban J connectivity index is 1.65. The van der Waals surface area contributed by atoms with Gasteiger partial charge in [-0.2, -0.15) is 0 Å². The number of imidazole rings is 1. The predicted molar refractivity (Wildman–Crippen MR) is 74.9 cm³/mol. The summed E-state index contributed by atoms with van der Waals surface area (Å²) >= 11 is 5.81. The summed E-state index contributed by atoms with van der Waals surface area (Å²) in [6, 6.07) is 7.25. The van der Waals surface area contributed by atoms with Gasteiger partial charge in [0.25, 0.3) is 0 Å². The van der Waals surface area contributed by atoms with E-state index in [0.717, 1.165) is 0 Å². The van der Waals surface area contributed by atoms with E-state index >= 15 is 0 Å². The molecule has 3 rings (SSSR count). The molecule has 8 heteroatoms. The normalized spacial score (nSPS) is 19.9. The first-order valence-electron chi connectivity index (χ1n) is 6.24. The van der Waals surface area contributed by atoms with Gasteiger partial charge >= 0.3 is 11.8 Å². The Labute approximate surface area is 125 Å². The summed E-state index contributed by atoms with van der Waals surface area (Å²) in [6.45, 7) is 2.60. The zero-order valence-corrected chi connectivity index (χ0v) is 11.9. The van der Waals surface area contributed by atoms with E-state index in [-0.39, 0.29) is 11.8 Å². The van der Waals surface area contributed by atoms with Crippen molar-refractivity contribution in [3.05, 3.63) is 45.6 Å². The van der Waals surface area contributed by atoms with Gasteiger partial charge in [0.2, 0.25) is 0 Å². The average Bonchev–Trinajstić information content (AvgIpc) is 2.93. The molecule has 0 fully saturated rings. The van der Waals surface area contributed by atoms with Crippen LogP contribution in [0, 0.1) is 10.1 Å². The first-order valence-corrected chi connectivity index (χ1v) is 6.62. The van der Waals surface area contributed by atoms with E-state index in [1.807, 2.05) is 6.92 Å². The van der Waals surface area contributed by atoms with Crippen LogP contribution < -0.4 is 9.47 Å². The molecule has 0 amide bonds. The van der Waals surface area contributed by atoms with Crippen LogP contribution in [-0.2, 0) is 6.54 Å². The molecular formula is C13H12ClN3O4. The summed E-state index contributed by atoms with van der Waals surface area (Å²) in [5.41, 5.74) is -0.614. The number of hydrogen-bond donors (Lipinski definition) is 0. The standard InChI is InChI=1S/C13H12ClN3O4/c1-13(8-20-10-4-2-9(14)3-5-10)7-16-6-11(17(18)19)15-12(16)21-13/h2-6H,7-8H2,1H3/t13-/m1/s1. The fraction of sp³-hybridized carbons (Fsp3) is 0.308. The third-order valence-corrected chi connectivity index (χ3v) is 3.37. The third-order valence-electron chi connectivity index (χ3n) is 3.11. The number of hydrogen-bond acceptors (Lipinski definition) is 5. The van der Waals surface area contributed by atoms with Crippen LogP contribution in [0.4, 0.5) is 5.82 Å². The van der Waals surface area contributed by atoms with Crippen LogP contribution in [0.25, 0.3) is 0 Å². The van der Waals surface area contributed by atoms with Crippen LogP contribution in [0.3, 0.4) is 0 Å². The Bertz CT molecular complexity index is 660. The molecule has 0 aliphatic carbocycles. The molecule has 1 aromatic heterocycles. The maximum Gasteiger partial charge on any atom is 0.415 e. The Kier molecular flexibility index (Phi) is 3.21. The van der Waals surface area contributed by atoms with Crippen LogP contribution in [-0.4, -0.2) is 26.7 Å². The number of benzene rings is 1. The fourth-order valence-corrected chi connectivity index (χ4v) is 2.25. The highest BCUT2D eigenvalue weighted by molar-refractivity contribution is 6.30. The van der Waals surface area contributed by atoms with E-state index in [2.05, 4.69) is 4.98 Å². The maximum absolute atomic E-state index is 10.6. The van der Waals surface area contributed by atoms with Gasteiger partial charge in [0, 0.05) is 10.0 Å². The lowest BCUT2D eigenvalue weighted by atomic mass is 10.1. The zero-order valence-electron chi connectivity index (χ0n) is 11.2. The van der Waals surface area contributed by atoms with Gasteiger partial charge in [0.05, 0.1) is 6.54 Å². The summed E-state index contributed by atoms with van der Waals surface area (Å²) in [5, 5.41) is 11.3. The van der Waals surface area contributed by atoms with Gasteiger partial charge in [-0.1, -0.05) is 11.6 Å². The summed E-state index contributed by atoms with van der Waals surface area (Å²) in [5.74, 6) is 0.463. The van der Waals surface area contributed by atoms with Gasteiger partial charge in [0.1, 0.15) is 18.6 Å². The van der Waals surface area contributed by atoms with E-state index in [9.17, 15) is 10.1 Å². The second-order valence-corrected chi connectivity index (χ2v) is 5.50. The van der Waals surface area contributed by atoms with Crippen LogP contribution in [0.1, 0.15) is 6.92 Å². The van der Waals surface area contributed by atoms with Crippen molar-refractivity contribution in [2.75, 3.05) is 6.61 Å². The van der Waals surface area contributed by atoms with Crippen molar-refractivity contribution >= 4 is 17.4 Å². The number of nitrogens with zero attached hydrogens (tertiary/aromatic N) is 3. The first-order chi connectivity index (χ1) is 9.95. The maximum atomic E-state index is 10.6. The van der Waals surface area contributed by atoms with Crippen molar-refractivity contribution in [3.8, 4) is 11.8 Å². The van der Waals surface area contributed by atoms with E-state index < -0.39 is 10.5 Å². The quantitative estimate of drug-likeness (QED) is 0.641. The minimum atomic E-state index is -0.614. The lowest BCUT2D eigenvalue weighted by Gasteiger charge is -2.22. The molecular weight excluding hydrogens is 298 g/mol. The van der Waals surface area contributed by atoms with Crippen molar-refractivity contribution < 1.29 is 14.4 Å². The van der Waals surface area contributed by atoms with Gasteiger partial charge in [-0.15, -0.1) is 0 Å². The molecule has 2 aromatic rings. The van der Waals surface area contributed by atoms with Crippen molar-refractivity contribution in [2.45, 2.75) is 19.1 Å². The van der Waals surface area contributed by atoms with Gasteiger partial charge in [0.15, 0.2) is 5.60 Å². The van der Waals surface area contributed by atoms with Crippen molar-refractivity contribution in [1.29, 1.82) is 0 Å². The molecule has 0 N–H and O–H groups in total. The number of ether oxygens (including phenoxy) is 2. The summed E-state index contributed by atoms with van der Waals surface area (Å²) in [7, 11) is 0. The molecule has 0 spiro atoms. The second kappa shape index (κ2) is 4.92. The molecule has 0 saturated carbocycles. The van der Waals surface area contributed by atoms with Gasteiger partial charge in [-0.3, -0.25) is 4.57 Å². The Morgan fingerprint density at radius 3 is 2.86 bits per heavy atom. The minimum Gasteiger partial charge on any atom is -0.489 e. The highest BCUT2D eigenvalue weighted by Crippen LogP contribution is 2.31. The van der Waals surface area contributed by atoms with Gasteiger partial charge in [-0.25, -0.2) is 0 Å². The van der Waals surface area contributed by atoms with E-state index in [1.165, 1.54) is 6.20 Å². The van der Waals surface area contributed by atoms with E-state index in [0.29, 0.717) is 23.9 Å². The SMILES string of the molecule is C[C@]1(COc2ccc(Cl)cc2)Cn2cc([N+](=O)[O-])nc2O1. The minimum absolute atomic E-state index is 0.217. The molecule has 21 heavy (non-hydrogen) atoms. The van der Waals surface area contributed by atoms with Crippen LogP contribution in [0.15, 0.2) is 30.5 Å². The lowest BCUT2D eigenvalue weighted by molar-refractivity contribution is -0.389. The lowest BCUT2D eigenvalue weighted by Crippen LogP contribution is -2.38. The van der Waals surface area contributed by atoms with Crippen LogP contribution >= 0.6 is 11.6 Å². The molecule has 2 heterocycles. The molecule has 0 unspecified atom stereocenters. The Morgan fingerprint density at radius 2 is 2.24 bits per heavy atom. The van der Waals surface area contributed by atoms with Gasteiger partial charge < -0.3 is 19.6 Å². The largest absolute Gasteiger partial charge is 0.489 e. The number of aromatic nitrogens is 2. The smallest absolute Gasteiger partial charge is 0.415 e. The molecule has 1 aliphatic rings. The molecule has 1 aliphatic heterocycles. The molecule has 0 saturated heterocycles. The second-order valence-electron chi connectivity index (χ2n) is 5.06. The highest BCUT2D eigenvalue weighted by atomic mass is 35.5. The van der Waals surface area contributed by atoms with Crippen molar-refractivity contribution in [2.24, 2.45) is 0 Å². The monoisotopic (exact) mass is 309 g/mol. The Hall–Kier alpha value is -2.28. The third kappa shape index (κ3) is 2.78. The van der Waals surface area contributed by atoms with Crippen LogP contribution in [0.2, 0.25) is 5.02 Å². The first kappa shape index (κ1) is 13.7. The molecule has 1 aromatic carbocycles. The number of nitro groups is 1. The molecule has 110 valence electrons. The molecule has 7 nitrogen and oxygen atoms in total. The van der Waals surface area contributed by atoms with Crippen molar-refractivity contribution in [1.82, 2.24) is 9.55 Å². The zero-order chi connectivity index (χ0) is 15.0. The van der Waals surface area contributed by atoms with Crippen molar-refractivity contribution in [3.63, 3.8) is 0 Å². The van der Waals surface area contributed by atoms with E-state index in [4.69, 9.17) is 21.1 Å². The topological polar surface area (TPSA) is 79.4 Å². The summed E-state index contributed by atoms with van der Waals surface area (Å²) < 4.78 is 12.9. The molecule has 1 atom stereocenters. The average molecular weight is 310 g/mol. The number of rotatable bonds is 4. The molecule has 0 radical (unpaired) electrons. The number of fused-ring (bicyclic) bond motifs is 1. The Morgan fingerprint density at radius 1 is 1.52 bits per heavy atom. The summed E-state index contributed by atoms with van der Waals surface area (Å²) in [6.07, 6.45) is 1.36. The molecule has 0 bridgehead atoms. The fourth-order valence-electron chi connectivity index (χ4n) is 2.12. The predicted octanol–water partition coefficient (Wildman–Crippen LogP) is 2.67.